The molecule has 2 aliphatic heterocycles. The van der Waals surface area contributed by atoms with Crippen molar-refractivity contribution in [3.63, 3.8) is 0 Å². The molecule has 4 N–H and O–H groups in total. The lowest BCUT2D eigenvalue weighted by Crippen LogP contribution is -2.43. The minimum absolute atomic E-state index is 0.0470. The zero-order valence-electron chi connectivity index (χ0n) is 32.7. The maximum absolute atomic E-state index is 13.6. The topological polar surface area (TPSA) is 115 Å². The first-order valence-corrected chi connectivity index (χ1v) is 20.5. The van der Waals surface area contributed by atoms with Gasteiger partial charge in [0.2, 0.25) is 0 Å². The number of fused-ring (bicyclic) bond motifs is 4. The highest BCUT2D eigenvalue weighted by atomic mass is 16.2. The van der Waals surface area contributed by atoms with Crippen LogP contribution in [0.1, 0.15) is 72.1 Å². The van der Waals surface area contributed by atoms with E-state index >= 15 is 0 Å². The molecule has 0 bridgehead atoms. The molecule has 0 unspecified atom stereocenters. The summed E-state index contributed by atoms with van der Waals surface area (Å²) in [7, 11) is 4.26. The van der Waals surface area contributed by atoms with Crippen LogP contribution in [-0.2, 0) is 0 Å². The molecule has 2 amide bonds. The number of carbonyl (C=O) groups excluding carboxylic acids is 2. The second-order valence-corrected chi connectivity index (χ2v) is 15.8. The van der Waals surface area contributed by atoms with Gasteiger partial charge in [-0.3, -0.25) is 9.59 Å². The van der Waals surface area contributed by atoms with Crippen LogP contribution in [-0.4, -0.2) is 97.0 Å². The fourth-order valence-electron chi connectivity index (χ4n) is 8.44. The van der Waals surface area contributed by atoms with Crippen LogP contribution in [0.25, 0.3) is 43.6 Å². The summed E-state index contributed by atoms with van der Waals surface area (Å²) in [6, 6.07) is 28.6. The van der Waals surface area contributed by atoms with Gasteiger partial charge < -0.3 is 31.1 Å². The van der Waals surface area contributed by atoms with Crippen molar-refractivity contribution in [2.45, 2.75) is 63.5 Å². The monoisotopic (exact) mass is 750 g/mol. The maximum Gasteiger partial charge on any atom is 0.253 e. The Hall–Kier alpha value is -5.32. The highest BCUT2D eigenvalue weighted by molar-refractivity contribution is 6.15. The summed E-state index contributed by atoms with van der Waals surface area (Å²) < 4.78 is 0. The highest BCUT2D eigenvalue weighted by Gasteiger charge is 2.23. The lowest BCUT2D eigenvalue weighted by molar-refractivity contribution is 0.0910. The molecule has 290 valence electrons. The Labute approximate surface area is 329 Å². The number of para-hydroxylation sites is 4. The number of carbonyl (C=O) groups is 2. The first-order valence-electron chi connectivity index (χ1n) is 20.5. The standard InChI is InChI=1S/C46H54N8O2/c1-53-27-21-31(22-28-53)49-45(55)37-17-11-15-35-41(33-13-5-7-19-39(33)51-43(35)37)47-25-9-3-4-10-26-48-42-34-14-6-8-20-40(34)52-44-36(42)16-12-18-38(44)46(56)50-32-23-29-54(2)30-24-32/h5-8,11-20,31-32H,3-4,9-10,21-30H2,1-2H3,(H,47,51)(H,48,52)(H,49,55)(H,50,56). The van der Waals surface area contributed by atoms with E-state index in [9.17, 15) is 9.59 Å². The van der Waals surface area contributed by atoms with Gasteiger partial charge in [0.05, 0.1) is 44.6 Å². The fourth-order valence-corrected chi connectivity index (χ4v) is 8.44. The second-order valence-electron chi connectivity index (χ2n) is 15.8. The normalized spacial score (nSPS) is 16.1. The molecule has 56 heavy (non-hydrogen) atoms. The molecule has 2 fully saturated rings. The molecule has 0 aliphatic carbocycles. The molecule has 4 heterocycles. The average Bonchev–Trinajstić information content (AvgIpc) is 3.22. The Morgan fingerprint density at radius 3 is 1.36 bits per heavy atom. The molecule has 2 aliphatic rings. The first kappa shape index (κ1) is 37.6. The van der Waals surface area contributed by atoms with Gasteiger partial charge in [-0.2, -0.15) is 0 Å². The van der Waals surface area contributed by atoms with E-state index in [1.54, 1.807) is 0 Å². The number of unbranched alkanes of at least 4 members (excludes halogenated alkanes) is 3. The van der Waals surface area contributed by atoms with Gasteiger partial charge in [0, 0.05) is 46.7 Å². The minimum atomic E-state index is -0.0470. The van der Waals surface area contributed by atoms with E-state index in [-0.39, 0.29) is 23.9 Å². The zero-order chi connectivity index (χ0) is 38.4. The van der Waals surface area contributed by atoms with Gasteiger partial charge in [0.15, 0.2) is 0 Å². The summed E-state index contributed by atoms with van der Waals surface area (Å²) in [6.07, 6.45) is 8.05. The third-order valence-electron chi connectivity index (χ3n) is 11.7. The molecular weight excluding hydrogens is 697 g/mol. The molecule has 10 nitrogen and oxygen atoms in total. The molecule has 8 rings (SSSR count). The van der Waals surface area contributed by atoms with E-state index < -0.39 is 0 Å². The lowest BCUT2D eigenvalue weighted by atomic mass is 10.0. The van der Waals surface area contributed by atoms with Crippen molar-refractivity contribution >= 4 is 66.8 Å². The van der Waals surface area contributed by atoms with Crippen LogP contribution in [0.4, 0.5) is 11.4 Å². The quantitative estimate of drug-likeness (QED) is 0.0699. The van der Waals surface area contributed by atoms with Crippen molar-refractivity contribution in [1.29, 1.82) is 0 Å². The number of pyridine rings is 2. The van der Waals surface area contributed by atoms with Crippen molar-refractivity contribution in [2.24, 2.45) is 0 Å². The van der Waals surface area contributed by atoms with Crippen LogP contribution in [0, 0.1) is 0 Å². The summed E-state index contributed by atoms with van der Waals surface area (Å²) in [5.74, 6) is -0.0941. The molecule has 0 atom stereocenters. The summed E-state index contributed by atoms with van der Waals surface area (Å²) in [6.45, 7) is 5.62. The van der Waals surface area contributed by atoms with Crippen molar-refractivity contribution in [3.05, 3.63) is 96.1 Å². The second kappa shape index (κ2) is 17.2. The number of benzene rings is 4. The van der Waals surface area contributed by atoms with Crippen LogP contribution < -0.4 is 21.3 Å². The molecule has 0 radical (unpaired) electrons. The van der Waals surface area contributed by atoms with Gasteiger partial charge in [-0.25, -0.2) is 9.97 Å². The van der Waals surface area contributed by atoms with Gasteiger partial charge >= 0.3 is 0 Å². The van der Waals surface area contributed by atoms with Crippen molar-refractivity contribution in [3.8, 4) is 0 Å². The minimum Gasteiger partial charge on any atom is -0.384 e. The molecule has 0 spiro atoms. The molecule has 6 aromatic rings. The molecule has 10 heteroatoms. The largest absolute Gasteiger partial charge is 0.384 e. The molecule has 4 aromatic carbocycles. The highest BCUT2D eigenvalue weighted by Crippen LogP contribution is 2.34. The maximum atomic E-state index is 13.6. The summed E-state index contributed by atoms with van der Waals surface area (Å²) in [4.78, 5) is 41.8. The van der Waals surface area contributed by atoms with Gasteiger partial charge in [-0.15, -0.1) is 0 Å². The number of hydrogen-bond donors (Lipinski definition) is 4. The fraction of sp³-hybridized carbons (Fsp3) is 0.391. The van der Waals surface area contributed by atoms with E-state index in [2.05, 4.69) is 69.4 Å². The Morgan fingerprint density at radius 2 is 0.929 bits per heavy atom. The number of aromatic nitrogens is 2. The number of nitrogens with one attached hydrogen (secondary N) is 4. The van der Waals surface area contributed by atoms with E-state index in [4.69, 9.17) is 9.97 Å². The first-order chi connectivity index (χ1) is 27.4. The predicted molar refractivity (Wildman–Crippen MR) is 230 cm³/mol. The van der Waals surface area contributed by atoms with Crippen LogP contribution in [0.2, 0.25) is 0 Å². The molecular formula is C46H54N8O2. The Morgan fingerprint density at radius 1 is 0.536 bits per heavy atom. The van der Waals surface area contributed by atoms with E-state index in [0.717, 1.165) is 146 Å². The summed E-state index contributed by atoms with van der Waals surface area (Å²) in [5, 5.41) is 18.2. The number of hydrogen-bond acceptors (Lipinski definition) is 8. The van der Waals surface area contributed by atoms with Gasteiger partial charge in [0.25, 0.3) is 11.8 Å². The average molecular weight is 751 g/mol. The SMILES string of the molecule is CN1CCC(NC(=O)c2cccc3c(NCCCCCCNc4c5ccccc5nc5c(C(=O)NC6CCN(C)CC6)cccc45)c4ccccc4nc23)CC1. The van der Waals surface area contributed by atoms with Crippen molar-refractivity contribution < 1.29 is 9.59 Å². The molecule has 0 saturated carbocycles. The van der Waals surface area contributed by atoms with Crippen molar-refractivity contribution in [2.75, 3.05) is 64.0 Å². The van der Waals surface area contributed by atoms with Gasteiger partial charge in [-0.1, -0.05) is 73.5 Å². The molecule has 2 saturated heterocycles. The summed E-state index contributed by atoms with van der Waals surface area (Å²) >= 11 is 0. The third kappa shape index (κ3) is 8.27. The third-order valence-corrected chi connectivity index (χ3v) is 11.7. The Bertz CT molecular complexity index is 2180. The number of amides is 2. The van der Waals surface area contributed by atoms with Crippen LogP contribution >= 0.6 is 0 Å². The zero-order valence-corrected chi connectivity index (χ0v) is 32.7. The van der Waals surface area contributed by atoms with E-state index in [1.165, 1.54) is 0 Å². The number of piperidine rings is 2. The Balaban J connectivity index is 0.899. The lowest BCUT2D eigenvalue weighted by Gasteiger charge is -2.29. The molecule has 2 aromatic heterocycles. The van der Waals surface area contributed by atoms with E-state index in [0.29, 0.717) is 11.1 Å². The predicted octanol–water partition coefficient (Wildman–Crippen LogP) is 7.82. The van der Waals surface area contributed by atoms with Crippen molar-refractivity contribution in [1.82, 2.24) is 30.4 Å². The number of likely N-dealkylation sites (tertiary alicyclic amines) is 2. The Kier molecular flexibility index (Phi) is 11.6. The number of nitrogens with zero attached hydrogens (tertiary/aromatic N) is 4. The number of anilines is 2. The smallest absolute Gasteiger partial charge is 0.253 e. The van der Waals surface area contributed by atoms with E-state index in [1.807, 2.05) is 60.7 Å². The number of rotatable bonds is 13. The summed E-state index contributed by atoms with van der Waals surface area (Å²) in [5.41, 5.74) is 6.59. The van der Waals surface area contributed by atoms with Crippen LogP contribution in [0.5, 0.6) is 0 Å². The van der Waals surface area contributed by atoms with Gasteiger partial charge in [0.1, 0.15) is 0 Å². The van der Waals surface area contributed by atoms with Crippen LogP contribution in [0.3, 0.4) is 0 Å². The van der Waals surface area contributed by atoms with Crippen LogP contribution in [0.15, 0.2) is 84.9 Å². The van der Waals surface area contributed by atoms with Gasteiger partial charge in [-0.05, 0) is 103 Å².